The summed E-state index contributed by atoms with van der Waals surface area (Å²) in [6.07, 6.45) is 42.5. The highest BCUT2D eigenvalue weighted by molar-refractivity contribution is 7.46. The normalized spacial score (nSPS) is 13.2. The van der Waals surface area contributed by atoms with Crippen LogP contribution < -0.4 is 0 Å². The Morgan fingerprint density at radius 1 is 0.562 bits per heavy atom. The summed E-state index contributed by atoms with van der Waals surface area (Å²) in [5.41, 5.74) is 0. The zero-order valence-corrected chi connectivity index (χ0v) is 31.0. The smallest absolute Gasteiger partial charge is 0.462 e. The first-order chi connectivity index (χ1) is 23.3. The zero-order chi connectivity index (χ0) is 35.4. The number of allylic oxidation sites excluding steroid dienone is 10. The van der Waals surface area contributed by atoms with Gasteiger partial charge >= 0.3 is 19.8 Å². The van der Waals surface area contributed by atoms with Crippen LogP contribution in [0.3, 0.4) is 0 Å². The third-order valence-electron chi connectivity index (χ3n) is 7.53. The average Bonchev–Trinajstić information content (AvgIpc) is 3.05. The molecule has 0 fully saturated rings. The lowest BCUT2D eigenvalue weighted by atomic mass is 10.1. The minimum absolute atomic E-state index is 0.0878. The van der Waals surface area contributed by atoms with Crippen molar-refractivity contribution in [3.05, 3.63) is 60.8 Å². The number of hydrogen-bond acceptors (Lipinski definition) is 6. The quantitative estimate of drug-likeness (QED) is 0.0301. The molecule has 0 aliphatic heterocycles. The van der Waals surface area contributed by atoms with Crippen molar-refractivity contribution < 1.29 is 37.9 Å². The highest BCUT2D eigenvalue weighted by atomic mass is 31.2. The molecule has 0 aromatic carbocycles. The van der Waals surface area contributed by atoms with Crippen molar-refractivity contribution in [1.29, 1.82) is 0 Å². The molecule has 1 unspecified atom stereocenters. The van der Waals surface area contributed by atoms with Crippen molar-refractivity contribution in [2.45, 2.75) is 161 Å². The van der Waals surface area contributed by atoms with E-state index >= 15 is 0 Å². The van der Waals surface area contributed by atoms with Gasteiger partial charge in [-0.05, 0) is 64.2 Å². The molecule has 0 aromatic rings. The highest BCUT2D eigenvalue weighted by Gasteiger charge is 2.22. The summed E-state index contributed by atoms with van der Waals surface area (Å²) in [4.78, 5) is 42.6. The van der Waals surface area contributed by atoms with Crippen LogP contribution in [-0.2, 0) is 28.2 Å². The van der Waals surface area contributed by atoms with Crippen molar-refractivity contribution in [2.24, 2.45) is 0 Å². The number of rotatable bonds is 33. The Morgan fingerprint density at radius 2 is 1.04 bits per heavy atom. The van der Waals surface area contributed by atoms with E-state index in [1.165, 1.54) is 64.2 Å². The maximum atomic E-state index is 12.3. The summed E-state index contributed by atoms with van der Waals surface area (Å²) in [6, 6.07) is 0. The molecule has 2 N–H and O–H groups in total. The van der Waals surface area contributed by atoms with Gasteiger partial charge in [-0.25, -0.2) is 4.57 Å². The van der Waals surface area contributed by atoms with E-state index in [2.05, 4.69) is 67.0 Å². The summed E-state index contributed by atoms with van der Waals surface area (Å²) in [7, 11) is -4.77. The third kappa shape index (κ3) is 36.6. The fourth-order valence-electron chi connectivity index (χ4n) is 4.79. The number of ether oxygens (including phenoxy) is 2. The van der Waals surface area contributed by atoms with Gasteiger partial charge in [0.25, 0.3) is 0 Å². The third-order valence-corrected chi connectivity index (χ3v) is 8.02. The van der Waals surface area contributed by atoms with E-state index in [9.17, 15) is 14.2 Å². The molecule has 0 heterocycles. The second kappa shape index (κ2) is 34.6. The minimum atomic E-state index is -4.77. The highest BCUT2D eigenvalue weighted by Crippen LogP contribution is 2.35. The molecule has 1 atom stereocenters. The number of carbonyl (C=O) groups excluding carboxylic acids is 2. The maximum Gasteiger partial charge on any atom is 0.469 e. The molecule has 0 aliphatic rings. The van der Waals surface area contributed by atoms with E-state index in [1.54, 1.807) is 0 Å². The van der Waals surface area contributed by atoms with Crippen molar-refractivity contribution in [3.63, 3.8) is 0 Å². The predicted molar refractivity (Wildman–Crippen MR) is 197 cm³/mol. The van der Waals surface area contributed by atoms with E-state index in [-0.39, 0.29) is 19.4 Å². The molecule has 0 rings (SSSR count). The van der Waals surface area contributed by atoms with Crippen LogP contribution in [0.4, 0.5) is 0 Å². The molecule has 0 saturated heterocycles. The molecule has 0 aliphatic carbocycles. The Balaban J connectivity index is 4.06. The summed E-state index contributed by atoms with van der Waals surface area (Å²) in [5.74, 6) is -0.989. The molecule has 0 saturated carbocycles. The number of phosphoric ester groups is 1. The van der Waals surface area contributed by atoms with Gasteiger partial charge in [0.1, 0.15) is 6.61 Å². The monoisotopic (exact) mass is 694 g/mol. The van der Waals surface area contributed by atoms with Crippen molar-refractivity contribution in [2.75, 3.05) is 13.2 Å². The molecular formula is C39H67O8P. The number of unbranched alkanes of at least 4 members (excludes halogenated alkanes) is 13. The Labute approximate surface area is 292 Å². The molecule has 8 nitrogen and oxygen atoms in total. The molecule has 276 valence electrons. The molecule has 0 bridgehead atoms. The molecule has 0 spiro atoms. The van der Waals surface area contributed by atoms with Gasteiger partial charge in [0.05, 0.1) is 6.61 Å². The van der Waals surface area contributed by atoms with Crippen LogP contribution in [0, 0.1) is 0 Å². The molecule has 48 heavy (non-hydrogen) atoms. The SMILES string of the molecule is CC/C=C\C/C=C\C/C=C\C/C=C\CCC(=O)OC(COC(=O)CCCCCCCCC/C=C\CCCCCCCC)COP(=O)(O)O. The van der Waals surface area contributed by atoms with Crippen LogP contribution >= 0.6 is 7.82 Å². The van der Waals surface area contributed by atoms with Crippen molar-refractivity contribution in [1.82, 2.24) is 0 Å². The van der Waals surface area contributed by atoms with Crippen LogP contribution in [0.15, 0.2) is 60.8 Å². The number of phosphoric acid groups is 1. The largest absolute Gasteiger partial charge is 0.469 e. The lowest BCUT2D eigenvalue weighted by Gasteiger charge is -2.18. The van der Waals surface area contributed by atoms with Gasteiger partial charge in [-0.3, -0.25) is 14.1 Å². The van der Waals surface area contributed by atoms with Gasteiger partial charge in [0.15, 0.2) is 6.10 Å². The van der Waals surface area contributed by atoms with Gasteiger partial charge < -0.3 is 19.3 Å². The Bertz CT molecular complexity index is 963. The van der Waals surface area contributed by atoms with Gasteiger partial charge in [-0.1, -0.05) is 139 Å². The number of esters is 2. The van der Waals surface area contributed by atoms with Crippen molar-refractivity contribution in [3.8, 4) is 0 Å². The lowest BCUT2D eigenvalue weighted by molar-refractivity contribution is -0.161. The van der Waals surface area contributed by atoms with Crippen LogP contribution in [0.25, 0.3) is 0 Å². The molecule has 9 heteroatoms. The molecule has 0 radical (unpaired) electrons. The standard InChI is InChI=1S/C39H67O8P/c1-3-5-7-9-11-13-15-17-18-19-20-22-23-25-27-29-31-33-38(40)45-35-37(36-46-48(42,43)44)47-39(41)34-32-30-28-26-24-21-16-14-12-10-8-6-4-2/h6,8,12,14,17-18,21,24,28,30,37H,3-5,7,9-11,13,15-16,19-20,22-23,25-27,29,31-36H2,1-2H3,(H2,42,43,44)/b8-6-,14-12-,18-17-,24-21-,30-28-. The van der Waals surface area contributed by atoms with Crippen LogP contribution in [-0.4, -0.2) is 41.0 Å². The number of carbonyl (C=O) groups is 2. The Morgan fingerprint density at radius 3 is 1.58 bits per heavy atom. The molecule has 0 amide bonds. The van der Waals surface area contributed by atoms with E-state index in [1.807, 2.05) is 12.2 Å². The topological polar surface area (TPSA) is 119 Å². The predicted octanol–water partition coefficient (Wildman–Crippen LogP) is 11.0. The van der Waals surface area contributed by atoms with Crippen LogP contribution in [0.1, 0.15) is 155 Å². The summed E-state index contributed by atoms with van der Waals surface area (Å²) in [6.45, 7) is 3.48. The first-order valence-electron chi connectivity index (χ1n) is 18.6. The molecular weight excluding hydrogens is 627 g/mol. The van der Waals surface area contributed by atoms with Gasteiger partial charge in [-0.2, -0.15) is 0 Å². The first-order valence-corrected chi connectivity index (χ1v) is 20.1. The maximum absolute atomic E-state index is 12.3. The van der Waals surface area contributed by atoms with Crippen molar-refractivity contribution >= 4 is 19.8 Å². The average molecular weight is 695 g/mol. The number of hydrogen-bond donors (Lipinski definition) is 2. The van der Waals surface area contributed by atoms with Crippen LogP contribution in [0.5, 0.6) is 0 Å². The summed E-state index contributed by atoms with van der Waals surface area (Å²) in [5, 5.41) is 0. The summed E-state index contributed by atoms with van der Waals surface area (Å²) >= 11 is 0. The van der Waals surface area contributed by atoms with E-state index in [0.717, 1.165) is 51.4 Å². The Kier molecular flexibility index (Phi) is 33.0. The fourth-order valence-corrected chi connectivity index (χ4v) is 5.15. The fraction of sp³-hybridized carbons (Fsp3) is 0.692. The van der Waals surface area contributed by atoms with Gasteiger partial charge in [0, 0.05) is 12.8 Å². The second-order valence-corrected chi connectivity index (χ2v) is 13.4. The zero-order valence-electron chi connectivity index (χ0n) is 30.1. The van der Waals surface area contributed by atoms with E-state index < -0.39 is 32.5 Å². The van der Waals surface area contributed by atoms with Crippen LogP contribution in [0.2, 0.25) is 0 Å². The Hall–Kier alpha value is -2.25. The minimum Gasteiger partial charge on any atom is -0.462 e. The second-order valence-electron chi connectivity index (χ2n) is 12.2. The van der Waals surface area contributed by atoms with E-state index in [4.69, 9.17) is 19.3 Å². The first kappa shape index (κ1) is 45.8. The summed E-state index contributed by atoms with van der Waals surface area (Å²) < 4.78 is 26.2. The molecule has 0 aromatic heterocycles. The van der Waals surface area contributed by atoms with E-state index in [0.29, 0.717) is 12.8 Å². The van der Waals surface area contributed by atoms with Gasteiger partial charge in [-0.15, -0.1) is 0 Å². The van der Waals surface area contributed by atoms with Gasteiger partial charge in [0.2, 0.25) is 0 Å². The lowest BCUT2D eigenvalue weighted by Crippen LogP contribution is -2.29.